The largest absolute Gasteiger partial charge is 0.457 e. The topological polar surface area (TPSA) is 64.8 Å². The number of methoxy groups -OCH3 is 1. The van der Waals surface area contributed by atoms with Crippen molar-refractivity contribution in [1.29, 1.82) is 0 Å². The van der Waals surface area contributed by atoms with Crippen molar-refractivity contribution in [1.82, 2.24) is 4.90 Å². The molecule has 0 saturated heterocycles. The Balaban J connectivity index is 2.11. The summed E-state index contributed by atoms with van der Waals surface area (Å²) in [5, 5.41) is 0. The summed E-state index contributed by atoms with van der Waals surface area (Å²) in [6, 6.07) is 16.6. The Morgan fingerprint density at radius 1 is 1.08 bits per heavy atom. The molecule has 0 fully saturated rings. The van der Waals surface area contributed by atoms with E-state index >= 15 is 0 Å². The second-order valence-corrected chi connectivity index (χ2v) is 6.35. The van der Waals surface area contributed by atoms with Crippen molar-refractivity contribution in [2.24, 2.45) is 5.73 Å². The summed E-state index contributed by atoms with van der Waals surface area (Å²) < 4.78 is 10.8. The normalized spacial score (nSPS) is 12.0. The predicted molar refractivity (Wildman–Crippen MR) is 99.0 cm³/mol. The SMILES string of the molecule is COCCN(C(=O)C(Cl)Cl)C(N)c1ccc(Oc2ccccc2)cc1. The van der Waals surface area contributed by atoms with Gasteiger partial charge in [0, 0.05) is 13.7 Å². The zero-order chi connectivity index (χ0) is 18.2. The zero-order valence-electron chi connectivity index (χ0n) is 13.8. The number of rotatable bonds is 8. The van der Waals surface area contributed by atoms with Gasteiger partial charge in [-0.15, -0.1) is 0 Å². The highest BCUT2D eigenvalue weighted by Gasteiger charge is 2.26. The van der Waals surface area contributed by atoms with Gasteiger partial charge in [-0.2, -0.15) is 0 Å². The van der Waals surface area contributed by atoms with Gasteiger partial charge in [0.2, 0.25) is 0 Å². The molecule has 2 aromatic carbocycles. The van der Waals surface area contributed by atoms with Gasteiger partial charge in [0.1, 0.15) is 17.7 Å². The Kier molecular flexibility index (Phi) is 7.52. The number of nitrogens with two attached hydrogens (primary N) is 1. The second kappa shape index (κ2) is 9.63. The van der Waals surface area contributed by atoms with Crippen LogP contribution >= 0.6 is 23.2 Å². The quantitative estimate of drug-likeness (QED) is 0.558. The number of hydrogen-bond acceptors (Lipinski definition) is 4. The minimum Gasteiger partial charge on any atom is -0.457 e. The van der Waals surface area contributed by atoms with Crippen molar-refractivity contribution in [3.05, 3.63) is 60.2 Å². The van der Waals surface area contributed by atoms with Gasteiger partial charge in [-0.3, -0.25) is 4.79 Å². The van der Waals surface area contributed by atoms with Gasteiger partial charge in [0.15, 0.2) is 4.84 Å². The molecule has 2 aromatic rings. The smallest absolute Gasteiger partial charge is 0.257 e. The van der Waals surface area contributed by atoms with Crippen LogP contribution in [-0.4, -0.2) is 35.9 Å². The van der Waals surface area contributed by atoms with E-state index in [0.717, 1.165) is 11.3 Å². The molecule has 1 atom stereocenters. The van der Waals surface area contributed by atoms with Gasteiger partial charge in [0.25, 0.3) is 5.91 Å². The summed E-state index contributed by atoms with van der Waals surface area (Å²) >= 11 is 11.4. The lowest BCUT2D eigenvalue weighted by Crippen LogP contribution is -2.43. The van der Waals surface area contributed by atoms with Gasteiger partial charge in [-0.05, 0) is 29.8 Å². The van der Waals surface area contributed by atoms with Crippen molar-refractivity contribution >= 4 is 29.1 Å². The number of hydrogen-bond donors (Lipinski definition) is 1. The average molecular weight is 383 g/mol. The van der Waals surface area contributed by atoms with Crippen molar-refractivity contribution in [3.8, 4) is 11.5 Å². The first-order valence-electron chi connectivity index (χ1n) is 7.69. The van der Waals surface area contributed by atoms with Crippen molar-refractivity contribution in [2.75, 3.05) is 20.3 Å². The molecule has 0 heterocycles. The highest BCUT2D eigenvalue weighted by atomic mass is 35.5. The van der Waals surface area contributed by atoms with Crippen molar-refractivity contribution in [3.63, 3.8) is 0 Å². The van der Waals surface area contributed by atoms with Crippen LogP contribution in [0.3, 0.4) is 0 Å². The van der Waals surface area contributed by atoms with Gasteiger partial charge in [-0.1, -0.05) is 53.5 Å². The number of nitrogens with zero attached hydrogens (tertiary/aromatic N) is 1. The number of ether oxygens (including phenoxy) is 2. The molecule has 0 bridgehead atoms. The average Bonchev–Trinajstić information content (AvgIpc) is 2.63. The van der Waals surface area contributed by atoms with E-state index in [1.165, 1.54) is 4.90 Å². The van der Waals surface area contributed by atoms with E-state index in [1.54, 1.807) is 31.4 Å². The lowest BCUT2D eigenvalue weighted by atomic mass is 10.1. The van der Waals surface area contributed by atoms with E-state index in [-0.39, 0.29) is 6.54 Å². The third-order valence-electron chi connectivity index (χ3n) is 3.54. The Hall–Kier alpha value is -1.79. The fourth-order valence-corrected chi connectivity index (χ4v) is 2.49. The Labute approximate surface area is 157 Å². The van der Waals surface area contributed by atoms with E-state index in [1.807, 2.05) is 30.3 Å². The number of halogens is 2. The Morgan fingerprint density at radius 2 is 1.68 bits per heavy atom. The highest BCUT2D eigenvalue weighted by molar-refractivity contribution is 6.53. The predicted octanol–water partition coefficient (Wildman–Crippen LogP) is 3.71. The molecule has 2 N–H and O–H groups in total. The summed E-state index contributed by atoms with van der Waals surface area (Å²) in [7, 11) is 1.54. The summed E-state index contributed by atoms with van der Waals surface area (Å²) in [5.74, 6) is 0.950. The van der Waals surface area contributed by atoms with Crippen LogP contribution in [0.2, 0.25) is 0 Å². The molecule has 2 rings (SSSR count). The van der Waals surface area contributed by atoms with Gasteiger partial charge in [-0.25, -0.2) is 0 Å². The number of amides is 1. The first-order chi connectivity index (χ1) is 12.0. The first kappa shape index (κ1) is 19.5. The molecule has 0 aromatic heterocycles. The molecule has 134 valence electrons. The number of para-hydroxylation sites is 1. The molecular weight excluding hydrogens is 363 g/mol. The molecule has 25 heavy (non-hydrogen) atoms. The van der Waals surface area contributed by atoms with Crippen LogP contribution in [0.4, 0.5) is 0 Å². The summed E-state index contributed by atoms with van der Waals surface area (Å²) in [6.07, 6.45) is -0.687. The molecule has 0 aliphatic rings. The van der Waals surface area contributed by atoms with Gasteiger partial charge >= 0.3 is 0 Å². The zero-order valence-corrected chi connectivity index (χ0v) is 15.3. The second-order valence-electron chi connectivity index (χ2n) is 5.25. The molecule has 7 heteroatoms. The minimum absolute atomic E-state index is 0.286. The Bertz CT molecular complexity index is 666. The fourth-order valence-electron chi connectivity index (χ4n) is 2.24. The van der Waals surface area contributed by atoms with E-state index in [4.69, 9.17) is 38.4 Å². The molecule has 0 radical (unpaired) electrons. The molecule has 1 unspecified atom stereocenters. The van der Waals surface area contributed by atoms with E-state index in [9.17, 15) is 4.79 Å². The van der Waals surface area contributed by atoms with Crippen molar-refractivity contribution in [2.45, 2.75) is 11.0 Å². The molecular formula is C18H20Cl2N2O3. The van der Waals surface area contributed by atoms with Crippen LogP contribution < -0.4 is 10.5 Å². The van der Waals surface area contributed by atoms with Crippen LogP contribution in [0.5, 0.6) is 11.5 Å². The van der Waals surface area contributed by atoms with Crippen LogP contribution in [0.15, 0.2) is 54.6 Å². The third kappa shape index (κ3) is 5.61. The number of carbonyl (C=O) groups is 1. The van der Waals surface area contributed by atoms with Crippen LogP contribution in [-0.2, 0) is 9.53 Å². The number of alkyl halides is 2. The minimum atomic E-state index is -1.18. The maximum absolute atomic E-state index is 12.2. The van der Waals surface area contributed by atoms with Crippen LogP contribution in [0.25, 0.3) is 0 Å². The Morgan fingerprint density at radius 3 is 2.24 bits per heavy atom. The number of carbonyl (C=O) groups excluding carboxylic acids is 1. The van der Waals surface area contributed by atoms with Crippen molar-refractivity contribution < 1.29 is 14.3 Å². The lowest BCUT2D eigenvalue weighted by Gasteiger charge is -2.29. The highest BCUT2D eigenvalue weighted by Crippen LogP contribution is 2.24. The molecule has 0 aliphatic carbocycles. The first-order valence-corrected chi connectivity index (χ1v) is 8.56. The summed E-state index contributed by atoms with van der Waals surface area (Å²) in [5.41, 5.74) is 6.95. The van der Waals surface area contributed by atoms with E-state index in [0.29, 0.717) is 12.4 Å². The third-order valence-corrected chi connectivity index (χ3v) is 3.92. The maximum Gasteiger partial charge on any atom is 0.257 e. The molecule has 1 amide bonds. The van der Waals surface area contributed by atoms with E-state index in [2.05, 4.69) is 0 Å². The lowest BCUT2D eigenvalue weighted by molar-refractivity contribution is -0.132. The molecule has 0 aliphatic heterocycles. The maximum atomic E-state index is 12.2. The molecule has 0 spiro atoms. The summed E-state index contributed by atoms with van der Waals surface area (Å²) in [6.45, 7) is 0.615. The van der Waals surface area contributed by atoms with Gasteiger partial charge in [0.05, 0.1) is 6.61 Å². The summed E-state index contributed by atoms with van der Waals surface area (Å²) in [4.78, 5) is 12.4. The van der Waals surface area contributed by atoms with Crippen LogP contribution in [0.1, 0.15) is 11.7 Å². The van der Waals surface area contributed by atoms with Gasteiger partial charge < -0.3 is 20.1 Å². The standard InChI is InChI=1S/C18H20Cl2N2O3/c1-24-12-11-22(18(23)16(19)20)17(21)13-7-9-15(10-8-13)25-14-5-3-2-4-6-14/h2-10,16-17H,11-12,21H2,1H3. The monoisotopic (exact) mass is 382 g/mol. The van der Waals surface area contributed by atoms with E-state index < -0.39 is 16.9 Å². The van der Waals surface area contributed by atoms with Crippen LogP contribution in [0, 0.1) is 0 Å². The number of benzene rings is 2. The fraction of sp³-hybridized carbons (Fsp3) is 0.278. The molecule has 5 nitrogen and oxygen atoms in total. The molecule has 0 saturated carbocycles.